The molecule has 0 aromatic heterocycles. The van der Waals surface area contributed by atoms with Gasteiger partial charge in [-0.2, -0.15) is 0 Å². The SMILES string of the molecule is CCCCCCCCCCCC(=O)C(N)CCC[C@H](N)C(=O)OCC. The Bertz CT molecular complexity index is 348. The van der Waals surface area contributed by atoms with Crippen LogP contribution in [0.25, 0.3) is 0 Å². The van der Waals surface area contributed by atoms with E-state index in [9.17, 15) is 9.59 Å². The summed E-state index contributed by atoms with van der Waals surface area (Å²) in [4.78, 5) is 23.4. The monoisotopic (exact) mass is 356 g/mol. The normalized spacial score (nSPS) is 13.4. The molecular formula is C20H40N2O3. The minimum Gasteiger partial charge on any atom is -0.465 e. The van der Waals surface area contributed by atoms with Crippen LogP contribution in [0.3, 0.4) is 0 Å². The van der Waals surface area contributed by atoms with Crippen molar-refractivity contribution in [3.8, 4) is 0 Å². The Hall–Kier alpha value is -0.940. The first-order chi connectivity index (χ1) is 12.0. The molecule has 0 aliphatic rings. The molecule has 0 saturated carbocycles. The van der Waals surface area contributed by atoms with Crippen LogP contribution in [-0.4, -0.2) is 30.4 Å². The lowest BCUT2D eigenvalue weighted by Crippen LogP contribution is -2.34. The van der Waals surface area contributed by atoms with E-state index in [0.29, 0.717) is 32.3 Å². The van der Waals surface area contributed by atoms with Crippen LogP contribution in [0, 0.1) is 0 Å². The van der Waals surface area contributed by atoms with E-state index in [0.717, 1.165) is 12.8 Å². The third kappa shape index (κ3) is 14.0. The average Bonchev–Trinajstić information content (AvgIpc) is 2.60. The number of carbonyl (C=O) groups is 2. The highest BCUT2D eigenvalue weighted by Crippen LogP contribution is 2.12. The van der Waals surface area contributed by atoms with Gasteiger partial charge in [0.15, 0.2) is 0 Å². The van der Waals surface area contributed by atoms with Crippen LogP contribution in [0.2, 0.25) is 0 Å². The van der Waals surface area contributed by atoms with Crippen molar-refractivity contribution in [2.75, 3.05) is 6.61 Å². The molecular weight excluding hydrogens is 316 g/mol. The summed E-state index contributed by atoms with van der Waals surface area (Å²) in [6.07, 6.45) is 13.5. The summed E-state index contributed by atoms with van der Waals surface area (Å²) in [6, 6.07) is -1.04. The van der Waals surface area contributed by atoms with E-state index in [4.69, 9.17) is 16.2 Å². The Morgan fingerprint density at radius 2 is 1.28 bits per heavy atom. The number of ketones is 1. The minimum atomic E-state index is -0.612. The van der Waals surface area contributed by atoms with Gasteiger partial charge in [0.2, 0.25) is 0 Å². The molecule has 0 amide bonds. The van der Waals surface area contributed by atoms with E-state index in [1.54, 1.807) is 6.92 Å². The maximum Gasteiger partial charge on any atom is 0.322 e. The van der Waals surface area contributed by atoms with Crippen molar-refractivity contribution in [2.45, 2.75) is 109 Å². The molecule has 0 fully saturated rings. The van der Waals surface area contributed by atoms with Crippen molar-refractivity contribution < 1.29 is 14.3 Å². The van der Waals surface area contributed by atoms with Gasteiger partial charge < -0.3 is 16.2 Å². The molecule has 0 aliphatic carbocycles. The van der Waals surface area contributed by atoms with Crippen LogP contribution in [0.15, 0.2) is 0 Å². The highest BCUT2D eigenvalue weighted by atomic mass is 16.5. The average molecular weight is 357 g/mol. The lowest BCUT2D eigenvalue weighted by Gasteiger charge is -2.13. The topological polar surface area (TPSA) is 95.4 Å². The highest BCUT2D eigenvalue weighted by molar-refractivity contribution is 5.83. The number of rotatable bonds is 17. The van der Waals surface area contributed by atoms with Crippen LogP contribution >= 0.6 is 0 Å². The molecule has 5 heteroatoms. The zero-order valence-corrected chi connectivity index (χ0v) is 16.4. The predicted molar refractivity (Wildman–Crippen MR) is 103 cm³/mol. The lowest BCUT2D eigenvalue weighted by molar-refractivity contribution is -0.144. The van der Waals surface area contributed by atoms with Crippen LogP contribution in [0.5, 0.6) is 0 Å². The van der Waals surface area contributed by atoms with E-state index in [2.05, 4.69) is 6.92 Å². The molecule has 0 aromatic rings. The molecule has 25 heavy (non-hydrogen) atoms. The van der Waals surface area contributed by atoms with Gasteiger partial charge in [-0.3, -0.25) is 9.59 Å². The number of carbonyl (C=O) groups excluding carboxylic acids is 2. The third-order valence-electron chi connectivity index (χ3n) is 4.56. The van der Waals surface area contributed by atoms with Crippen LogP contribution in [0.1, 0.15) is 97.3 Å². The van der Waals surface area contributed by atoms with Gasteiger partial charge in [-0.15, -0.1) is 0 Å². The number of esters is 1. The quantitative estimate of drug-likeness (QED) is 0.305. The van der Waals surface area contributed by atoms with Crippen LogP contribution < -0.4 is 11.5 Å². The number of Topliss-reactive ketones (excluding diaryl/α,β-unsaturated/α-hetero) is 1. The zero-order chi connectivity index (χ0) is 18.9. The first-order valence-electron chi connectivity index (χ1n) is 10.2. The Kier molecular flexibility index (Phi) is 15.9. The molecule has 0 aromatic carbocycles. The summed E-state index contributed by atoms with van der Waals surface area (Å²) in [7, 11) is 0. The van der Waals surface area contributed by atoms with Gasteiger partial charge in [-0.25, -0.2) is 0 Å². The van der Waals surface area contributed by atoms with E-state index in [1.807, 2.05) is 0 Å². The standard InChI is InChI=1S/C20H40N2O3/c1-3-5-6-7-8-9-10-11-12-16-19(23)17(21)14-13-15-18(22)20(24)25-4-2/h17-18H,3-16,21-22H2,1-2H3/t17?,18-/m0/s1. The Morgan fingerprint density at radius 3 is 1.84 bits per heavy atom. The number of hydrogen-bond acceptors (Lipinski definition) is 5. The minimum absolute atomic E-state index is 0.132. The van der Waals surface area contributed by atoms with E-state index >= 15 is 0 Å². The van der Waals surface area contributed by atoms with E-state index in [-0.39, 0.29) is 11.8 Å². The number of hydrogen-bond donors (Lipinski definition) is 2. The molecule has 1 unspecified atom stereocenters. The van der Waals surface area contributed by atoms with Gasteiger partial charge in [-0.05, 0) is 32.6 Å². The third-order valence-corrected chi connectivity index (χ3v) is 4.56. The zero-order valence-electron chi connectivity index (χ0n) is 16.4. The molecule has 0 spiro atoms. The largest absolute Gasteiger partial charge is 0.465 e. The first-order valence-corrected chi connectivity index (χ1v) is 10.2. The molecule has 0 radical (unpaired) electrons. The van der Waals surface area contributed by atoms with Crippen molar-refractivity contribution in [1.82, 2.24) is 0 Å². The molecule has 148 valence electrons. The van der Waals surface area contributed by atoms with Crippen molar-refractivity contribution >= 4 is 11.8 Å². The van der Waals surface area contributed by atoms with Crippen molar-refractivity contribution in [3.63, 3.8) is 0 Å². The molecule has 0 saturated heterocycles. The Morgan fingerprint density at radius 1 is 0.760 bits per heavy atom. The van der Waals surface area contributed by atoms with Gasteiger partial charge >= 0.3 is 5.97 Å². The summed E-state index contributed by atoms with van der Waals surface area (Å²) >= 11 is 0. The molecule has 0 bridgehead atoms. The molecule has 0 rings (SSSR count). The Labute approximate surface area is 154 Å². The first kappa shape index (κ1) is 24.1. The fourth-order valence-electron chi connectivity index (χ4n) is 2.88. The second kappa shape index (κ2) is 16.5. The van der Waals surface area contributed by atoms with Gasteiger partial charge in [0.25, 0.3) is 0 Å². The van der Waals surface area contributed by atoms with Crippen molar-refractivity contribution in [1.29, 1.82) is 0 Å². The molecule has 0 aliphatic heterocycles. The van der Waals surface area contributed by atoms with Gasteiger partial charge in [0.1, 0.15) is 11.8 Å². The van der Waals surface area contributed by atoms with Gasteiger partial charge in [0, 0.05) is 6.42 Å². The Balaban J connectivity index is 3.58. The van der Waals surface area contributed by atoms with Gasteiger partial charge in [0.05, 0.1) is 12.6 Å². The van der Waals surface area contributed by atoms with Crippen molar-refractivity contribution in [3.05, 3.63) is 0 Å². The highest BCUT2D eigenvalue weighted by Gasteiger charge is 2.17. The summed E-state index contributed by atoms with van der Waals surface area (Å²) < 4.78 is 4.86. The van der Waals surface area contributed by atoms with E-state index in [1.165, 1.54) is 44.9 Å². The van der Waals surface area contributed by atoms with Crippen LogP contribution in [-0.2, 0) is 14.3 Å². The fourth-order valence-corrected chi connectivity index (χ4v) is 2.88. The summed E-state index contributed by atoms with van der Waals surface area (Å²) in [6.45, 7) is 4.32. The summed E-state index contributed by atoms with van der Waals surface area (Å²) in [5.41, 5.74) is 11.7. The van der Waals surface area contributed by atoms with Gasteiger partial charge in [-0.1, -0.05) is 58.3 Å². The maximum absolute atomic E-state index is 12.0. The maximum atomic E-state index is 12.0. The second-order valence-electron chi connectivity index (χ2n) is 6.94. The summed E-state index contributed by atoms with van der Waals surface area (Å²) in [5.74, 6) is -0.246. The lowest BCUT2D eigenvalue weighted by atomic mass is 9.99. The summed E-state index contributed by atoms with van der Waals surface area (Å²) in [5, 5.41) is 0. The van der Waals surface area contributed by atoms with E-state index < -0.39 is 12.1 Å². The molecule has 0 heterocycles. The predicted octanol–water partition coefficient (Wildman–Crippen LogP) is 3.86. The van der Waals surface area contributed by atoms with Crippen molar-refractivity contribution in [2.24, 2.45) is 11.5 Å². The number of unbranched alkanes of at least 4 members (excludes halogenated alkanes) is 8. The second-order valence-corrected chi connectivity index (χ2v) is 6.94. The number of ether oxygens (including phenoxy) is 1. The smallest absolute Gasteiger partial charge is 0.322 e. The number of nitrogens with two attached hydrogens (primary N) is 2. The molecule has 5 nitrogen and oxygen atoms in total. The fraction of sp³-hybridized carbons (Fsp3) is 0.900. The molecule has 4 N–H and O–H groups in total. The molecule has 2 atom stereocenters. The van der Waals surface area contributed by atoms with Crippen LogP contribution in [0.4, 0.5) is 0 Å².